The number of hydrogen-bond donors (Lipinski definition) is 2. The Bertz CT molecular complexity index is 177. The summed E-state index contributed by atoms with van der Waals surface area (Å²) in [6, 6.07) is 0. The molecule has 0 saturated heterocycles. The van der Waals surface area contributed by atoms with E-state index in [0.717, 1.165) is 0 Å². The van der Waals surface area contributed by atoms with Gasteiger partial charge in [0.15, 0.2) is 5.78 Å². The molecule has 0 aliphatic rings. The molecule has 0 aromatic rings. The van der Waals surface area contributed by atoms with Gasteiger partial charge in [0, 0.05) is 11.5 Å². The van der Waals surface area contributed by atoms with E-state index in [0.29, 0.717) is 0 Å². The van der Waals surface area contributed by atoms with E-state index in [4.69, 9.17) is 5.73 Å². The number of nitrogens with two attached hydrogens (primary N) is 1. The van der Waals surface area contributed by atoms with Crippen LogP contribution >= 0.6 is 0 Å². The molecule has 3 N–H and O–H groups in total. The molecule has 0 aromatic heterocycles. The van der Waals surface area contributed by atoms with E-state index < -0.39 is 11.1 Å². The number of carbonyl (C=O) groups excluding carboxylic acids is 1. The van der Waals surface area contributed by atoms with E-state index in [2.05, 4.69) is 0 Å². The first-order valence-corrected chi connectivity index (χ1v) is 4.16. The smallest absolute Gasteiger partial charge is 0.168 e. The third kappa shape index (κ3) is 2.05. The molecular formula is C9H19NO2. The molecule has 0 aromatic carbocycles. The number of rotatable bonds is 3. The minimum Gasteiger partial charge on any atom is -0.380 e. The van der Waals surface area contributed by atoms with Crippen LogP contribution in [0.4, 0.5) is 0 Å². The van der Waals surface area contributed by atoms with Crippen molar-refractivity contribution in [1.82, 2.24) is 0 Å². The maximum atomic E-state index is 11.5. The molecule has 3 nitrogen and oxygen atoms in total. The molecule has 0 amide bonds. The zero-order valence-corrected chi connectivity index (χ0v) is 8.51. The Morgan fingerprint density at radius 1 is 1.33 bits per heavy atom. The highest BCUT2D eigenvalue weighted by Gasteiger charge is 2.43. The van der Waals surface area contributed by atoms with Crippen LogP contribution in [0.5, 0.6) is 0 Å². The second-order valence-electron chi connectivity index (χ2n) is 4.31. The van der Waals surface area contributed by atoms with Gasteiger partial charge in [0.2, 0.25) is 0 Å². The van der Waals surface area contributed by atoms with Crippen molar-refractivity contribution in [2.75, 3.05) is 0 Å². The van der Waals surface area contributed by atoms with Gasteiger partial charge >= 0.3 is 0 Å². The van der Waals surface area contributed by atoms with Crippen LogP contribution < -0.4 is 5.73 Å². The maximum Gasteiger partial charge on any atom is 0.168 e. The van der Waals surface area contributed by atoms with Gasteiger partial charge in [-0.2, -0.15) is 0 Å². The Hall–Kier alpha value is -0.410. The Balaban J connectivity index is 4.74. The SMILES string of the molecule is CC(C)C(=O)C(C)(O)C(C)(C)N. The highest BCUT2D eigenvalue weighted by atomic mass is 16.3. The van der Waals surface area contributed by atoms with E-state index in [1.807, 2.05) is 0 Å². The second kappa shape index (κ2) is 3.15. The summed E-state index contributed by atoms with van der Waals surface area (Å²) in [6.45, 7) is 8.26. The highest BCUT2D eigenvalue weighted by molar-refractivity contribution is 5.89. The topological polar surface area (TPSA) is 63.3 Å². The summed E-state index contributed by atoms with van der Waals surface area (Å²) < 4.78 is 0. The van der Waals surface area contributed by atoms with Crippen LogP contribution in [-0.4, -0.2) is 22.0 Å². The van der Waals surface area contributed by atoms with Crippen molar-refractivity contribution in [2.24, 2.45) is 11.7 Å². The summed E-state index contributed by atoms with van der Waals surface area (Å²) in [5, 5.41) is 9.82. The van der Waals surface area contributed by atoms with Gasteiger partial charge in [0.1, 0.15) is 5.60 Å². The monoisotopic (exact) mass is 173 g/mol. The lowest BCUT2D eigenvalue weighted by atomic mass is 9.78. The molecule has 1 unspecified atom stereocenters. The van der Waals surface area contributed by atoms with Crippen molar-refractivity contribution in [3.63, 3.8) is 0 Å². The Morgan fingerprint density at radius 2 is 1.67 bits per heavy atom. The third-order valence-electron chi connectivity index (χ3n) is 2.26. The van der Waals surface area contributed by atoms with E-state index in [1.54, 1.807) is 27.7 Å². The number of carbonyl (C=O) groups is 1. The summed E-state index contributed by atoms with van der Waals surface area (Å²) in [7, 11) is 0. The predicted molar refractivity (Wildman–Crippen MR) is 48.7 cm³/mol. The summed E-state index contributed by atoms with van der Waals surface area (Å²) in [6.07, 6.45) is 0. The Labute approximate surface area is 74.0 Å². The van der Waals surface area contributed by atoms with Crippen LogP contribution in [0.1, 0.15) is 34.6 Å². The molecule has 1 atom stereocenters. The van der Waals surface area contributed by atoms with Crippen LogP contribution in [0.25, 0.3) is 0 Å². The first-order chi connectivity index (χ1) is 5.10. The van der Waals surface area contributed by atoms with Gasteiger partial charge in [-0.25, -0.2) is 0 Å². The minimum atomic E-state index is -1.44. The number of Topliss-reactive ketones (excluding diaryl/α,β-unsaturated/α-hetero) is 1. The number of hydrogen-bond acceptors (Lipinski definition) is 3. The second-order valence-corrected chi connectivity index (χ2v) is 4.31. The lowest BCUT2D eigenvalue weighted by Crippen LogP contribution is -2.60. The van der Waals surface area contributed by atoms with Crippen LogP contribution in [0.2, 0.25) is 0 Å². The fourth-order valence-electron chi connectivity index (χ4n) is 0.880. The molecule has 0 saturated carbocycles. The zero-order chi connectivity index (χ0) is 10.2. The molecule has 0 aliphatic heterocycles. The summed E-state index contributed by atoms with van der Waals surface area (Å²) in [5.41, 5.74) is 3.34. The number of ketones is 1. The van der Waals surface area contributed by atoms with Crippen molar-refractivity contribution in [3.8, 4) is 0 Å². The minimum absolute atomic E-state index is 0.192. The van der Waals surface area contributed by atoms with Crippen LogP contribution in [0.15, 0.2) is 0 Å². The summed E-state index contributed by atoms with van der Waals surface area (Å²) in [5.74, 6) is -0.405. The van der Waals surface area contributed by atoms with Crippen molar-refractivity contribution in [3.05, 3.63) is 0 Å². The standard InChI is InChI=1S/C9H19NO2/c1-6(2)7(11)9(5,12)8(3,4)10/h6,12H,10H2,1-5H3. The first kappa shape index (κ1) is 11.6. The van der Waals surface area contributed by atoms with E-state index in [-0.39, 0.29) is 11.7 Å². The molecule has 3 heteroatoms. The average Bonchev–Trinajstić information content (AvgIpc) is 1.83. The predicted octanol–water partition coefficient (Wildman–Crippen LogP) is 0.700. The fourth-order valence-corrected chi connectivity index (χ4v) is 0.880. The maximum absolute atomic E-state index is 11.5. The molecule has 0 rings (SSSR count). The molecule has 12 heavy (non-hydrogen) atoms. The average molecular weight is 173 g/mol. The van der Waals surface area contributed by atoms with Crippen LogP contribution in [0.3, 0.4) is 0 Å². The molecule has 0 fully saturated rings. The highest BCUT2D eigenvalue weighted by Crippen LogP contribution is 2.22. The Kier molecular flexibility index (Phi) is 3.04. The lowest BCUT2D eigenvalue weighted by Gasteiger charge is -2.36. The third-order valence-corrected chi connectivity index (χ3v) is 2.26. The molecule has 72 valence electrons. The van der Waals surface area contributed by atoms with Gasteiger partial charge < -0.3 is 10.8 Å². The molecule has 0 spiro atoms. The zero-order valence-electron chi connectivity index (χ0n) is 8.51. The van der Waals surface area contributed by atoms with Gasteiger partial charge in [0.05, 0.1) is 0 Å². The van der Waals surface area contributed by atoms with Gasteiger partial charge in [-0.05, 0) is 20.8 Å². The number of aliphatic hydroxyl groups is 1. The summed E-state index contributed by atoms with van der Waals surface area (Å²) in [4.78, 5) is 11.5. The fraction of sp³-hybridized carbons (Fsp3) is 0.889. The molecule has 0 bridgehead atoms. The van der Waals surface area contributed by atoms with Crippen LogP contribution in [-0.2, 0) is 4.79 Å². The van der Waals surface area contributed by atoms with E-state index >= 15 is 0 Å². The normalized spacial score (nSPS) is 17.7. The first-order valence-electron chi connectivity index (χ1n) is 4.16. The summed E-state index contributed by atoms with van der Waals surface area (Å²) >= 11 is 0. The Morgan fingerprint density at radius 3 is 1.75 bits per heavy atom. The molecule has 0 radical (unpaired) electrons. The van der Waals surface area contributed by atoms with Gasteiger partial charge in [-0.3, -0.25) is 4.79 Å². The van der Waals surface area contributed by atoms with Crippen molar-refractivity contribution < 1.29 is 9.90 Å². The lowest BCUT2D eigenvalue weighted by molar-refractivity contribution is -0.144. The quantitative estimate of drug-likeness (QED) is 0.660. The van der Waals surface area contributed by atoms with Crippen molar-refractivity contribution in [2.45, 2.75) is 45.8 Å². The largest absolute Gasteiger partial charge is 0.380 e. The van der Waals surface area contributed by atoms with E-state index in [1.165, 1.54) is 6.92 Å². The van der Waals surface area contributed by atoms with Crippen LogP contribution in [0, 0.1) is 5.92 Å². The van der Waals surface area contributed by atoms with E-state index in [9.17, 15) is 9.90 Å². The van der Waals surface area contributed by atoms with Gasteiger partial charge in [0.25, 0.3) is 0 Å². The van der Waals surface area contributed by atoms with Gasteiger partial charge in [-0.15, -0.1) is 0 Å². The van der Waals surface area contributed by atoms with Crippen molar-refractivity contribution >= 4 is 5.78 Å². The molecule has 0 aliphatic carbocycles. The van der Waals surface area contributed by atoms with Gasteiger partial charge in [-0.1, -0.05) is 13.8 Å². The molecule has 0 heterocycles. The molecular weight excluding hydrogens is 154 g/mol. The van der Waals surface area contributed by atoms with Crippen molar-refractivity contribution in [1.29, 1.82) is 0 Å².